The molecule has 0 aromatic heterocycles. The van der Waals surface area contributed by atoms with Gasteiger partial charge in [-0.05, 0) is 6.42 Å². The Labute approximate surface area is 54.4 Å². The van der Waals surface area contributed by atoms with Crippen LogP contribution in [0.1, 0.15) is 6.42 Å². The van der Waals surface area contributed by atoms with E-state index >= 15 is 0 Å². The quantitative estimate of drug-likeness (QED) is 0.378. The molecule has 0 aromatic carbocycles. The molecule has 0 bridgehead atoms. The number of rotatable bonds is 4. The van der Waals surface area contributed by atoms with Crippen LogP contribution < -0.4 is 0 Å². The molecule has 0 aliphatic carbocycles. The van der Waals surface area contributed by atoms with Crippen LogP contribution in [0.3, 0.4) is 0 Å². The maximum atomic E-state index is 12.3. The molecule has 0 heterocycles. The third-order valence-corrected chi connectivity index (χ3v) is 2.80. The zero-order chi connectivity index (χ0) is 6.41. The molecule has 0 rings (SSSR count). The molecule has 0 saturated heterocycles. The Bertz CT molecular complexity index is 69.1. The Kier molecular flexibility index (Phi) is 5.25. The highest BCUT2D eigenvalue weighted by molar-refractivity contribution is 6.35. The molecule has 0 radical (unpaired) electrons. The van der Waals surface area contributed by atoms with Crippen LogP contribution in [0, 0.1) is 0 Å². The van der Waals surface area contributed by atoms with E-state index in [4.69, 9.17) is 4.12 Å². The number of alkyl halides is 1. The maximum absolute atomic E-state index is 12.3. The van der Waals surface area contributed by atoms with E-state index in [1.54, 1.807) is 6.08 Å². The van der Waals surface area contributed by atoms with E-state index in [0.717, 1.165) is 0 Å². The van der Waals surface area contributed by atoms with Gasteiger partial charge in [0.1, 0.15) is 16.3 Å². The van der Waals surface area contributed by atoms with Crippen molar-refractivity contribution in [2.75, 3.05) is 0 Å². The summed E-state index contributed by atoms with van der Waals surface area (Å²) in [6.07, 6.45) is 2.06. The fraction of sp³-hybridized carbons (Fsp3) is 0.500. The van der Waals surface area contributed by atoms with Crippen LogP contribution in [0.25, 0.3) is 0 Å². The Morgan fingerprint density at radius 2 is 2.62 bits per heavy atom. The van der Waals surface area contributed by atoms with Gasteiger partial charge in [-0.15, -0.1) is 6.58 Å². The lowest BCUT2D eigenvalue weighted by Gasteiger charge is -1.99. The summed E-state index contributed by atoms with van der Waals surface area (Å²) in [7, 11) is -0.160. The second-order valence-electron chi connectivity index (χ2n) is 1.58. The second-order valence-corrected chi connectivity index (χ2v) is 5.11. The number of halogens is 1. The van der Waals surface area contributed by atoms with Crippen molar-refractivity contribution >= 4 is 20.2 Å². The van der Waals surface area contributed by atoms with E-state index < -0.39 is 15.6 Å². The molecule has 48 valence electrons. The summed E-state index contributed by atoms with van der Waals surface area (Å²) in [6, 6.07) is 0. The smallest absolute Gasteiger partial charge is 0.182 e. The largest absolute Gasteiger partial charge is 0.466 e. The fourth-order valence-electron chi connectivity index (χ4n) is 0.430. The lowest BCUT2D eigenvalue weighted by atomic mass is 10.5. The van der Waals surface area contributed by atoms with Crippen molar-refractivity contribution < 1.29 is 8.51 Å². The molecule has 0 saturated carbocycles. The van der Waals surface area contributed by atoms with E-state index in [1.807, 2.05) is 0 Å². The highest BCUT2D eigenvalue weighted by Gasteiger charge is 2.01. The molecular weight excluding hydrogens is 139 g/mol. The van der Waals surface area contributed by atoms with Gasteiger partial charge in [0.05, 0.1) is 0 Å². The van der Waals surface area contributed by atoms with Crippen molar-refractivity contribution in [3.05, 3.63) is 12.7 Å². The number of hydrogen-bond donors (Lipinski definition) is 0. The van der Waals surface area contributed by atoms with Crippen LogP contribution in [0.4, 0.5) is 4.39 Å². The molecule has 8 heavy (non-hydrogen) atoms. The number of allylic oxidation sites excluding steroid dienone is 1. The van der Waals surface area contributed by atoms with Gasteiger partial charge in [0.15, 0.2) is 9.76 Å². The third kappa shape index (κ3) is 4.23. The van der Waals surface area contributed by atoms with Gasteiger partial charge in [-0.25, -0.2) is 4.39 Å². The van der Waals surface area contributed by atoms with Gasteiger partial charge in [0.25, 0.3) is 0 Å². The summed E-state index contributed by atoms with van der Waals surface area (Å²) in [4.78, 5) is 0. The predicted molar refractivity (Wildman–Crippen MR) is 39.3 cm³/mol. The zero-order valence-corrected chi connectivity index (χ0v) is 8.48. The van der Waals surface area contributed by atoms with Gasteiger partial charge in [-0.3, -0.25) is 0 Å². The van der Waals surface area contributed by atoms with Gasteiger partial charge in [-0.1, -0.05) is 6.08 Å². The Balaban J connectivity index is 3.03. The average Bonchev–Trinajstić information content (AvgIpc) is 1.68. The van der Waals surface area contributed by atoms with E-state index in [-0.39, 0.29) is 0 Å². The van der Waals surface area contributed by atoms with E-state index in [9.17, 15) is 4.39 Å². The summed E-state index contributed by atoms with van der Waals surface area (Å²) in [6.45, 7) is 3.42. The minimum absolute atomic E-state index is 0.467. The molecule has 4 heteroatoms. The summed E-state index contributed by atoms with van der Waals surface area (Å²) >= 11 is 0. The highest BCUT2D eigenvalue weighted by Crippen LogP contribution is 1.94. The minimum atomic E-state index is -0.841. The molecular formula is C4H11FOSi2. The van der Waals surface area contributed by atoms with Gasteiger partial charge in [0.2, 0.25) is 0 Å². The monoisotopic (exact) mass is 150 g/mol. The minimum Gasteiger partial charge on any atom is -0.466 e. The van der Waals surface area contributed by atoms with Gasteiger partial charge in [-0.2, -0.15) is 0 Å². The zero-order valence-electron chi connectivity index (χ0n) is 5.06. The van der Waals surface area contributed by atoms with Gasteiger partial charge in [0, 0.05) is 0 Å². The van der Waals surface area contributed by atoms with Crippen LogP contribution in [-0.2, 0) is 4.12 Å². The maximum Gasteiger partial charge on any atom is 0.182 e. The topological polar surface area (TPSA) is 9.23 Å². The number of hydrogen-bond acceptors (Lipinski definition) is 1. The lowest BCUT2D eigenvalue weighted by molar-refractivity contribution is 0.414. The average molecular weight is 150 g/mol. The third-order valence-electron chi connectivity index (χ3n) is 0.770. The summed E-state index contributed by atoms with van der Waals surface area (Å²) < 4.78 is 17.1. The first-order valence-corrected chi connectivity index (χ1v) is 4.76. The first kappa shape index (κ1) is 8.06. The van der Waals surface area contributed by atoms with Crippen LogP contribution in [0.2, 0.25) is 0 Å². The van der Waals surface area contributed by atoms with Gasteiger partial charge >= 0.3 is 0 Å². The molecule has 0 fully saturated rings. The van der Waals surface area contributed by atoms with E-state index in [2.05, 4.69) is 6.58 Å². The van der Waals surface area contributed by atoms with Crippen LogP contribution in [0.5, 0.6) is 0 Å². The molecule has 0 spiro atoms. The predicted octanol–water partition coefficient (Wildman–Crippen LogP) is -0.761. The van der Waals surface area contributed by atoms with Crippen molar-refractivity contribution in [3.63, 3.8) is 0 Å². The van der Waals surface area contributed by atoms with Crippen LogP contribution >= 0.6 is 0 Å². The van der Waals surface area contributed by atoms with Crippen molar-refractivity contribution in [2.45, 2.75) is 12.2 Å². The molecule has 1 nitrogen and oxygen atoms in total. The molecule has 0 aliphatic heterocycles. The summed E-state index contributed by atoms with van der Waals surface area (Å²) in [5.41, 5.74) is 0. The first-order valence-electron chi connectivity index (χ1n) is 2.55. The van der Waals surface area contributed by atoms with Crippen molar-refractivity contribution in [3.8, 4) is 0 Å². The lowest BCUT2D eigenvalue weighted by Crippen LogP contribution is -2.11. The molecule has 0 N–H and O–H groups in total. The SMILES string of the molecule is C=CCC(F)[SiH2]O[SiH3]. The standard InChI is InChI=1S/C4H11FOSi2/c1-2-3-4(5)8-6-7/h2,4H,1,3,8H2,7H3. The molecule has 1 unspecified atom stereocenters. The van der Waals surface area contributed by atoms with Crippen molar-refractivity contribution in [1.29, 1.82) is 0 Å². The summed E-state index contributed by atoms with van der Waals surface area (Å²) in [5.74, 6) is -0.704. The molecule has 0 amide bonds. The van der Waals surface area contributed by atoms with Crippen LogP contribution in [0.15, 0.2) is 12.7 Å². The Morgan fingerprint density at radius 1 is 2.00 bits per heavy atom. The second kappa shape index (κ2) is 5.21. The van der Waals surface area contributed by atoms with E-state index in [0.29, 0.717) is 16.9 Å². The normalized spacial score (nSPS) is 15.1. The first-order chi connectivity index (χ1) is 3.81. The van der Waals surface area contributed by atoms with Gasteiger partial charge < -0.3 is 4.12 Å². The molecule has 0 aromatic rings. The Hall–Kier alpha value is 0.0638. The van der Waals surface area contributed by atoms with Crippen molar-refractivity contribution in [1.82, 2.24) is 0 Å². The summed E-state index contributed by atoms with van der Waals surface area (Å²) in [5, 5.41) is 0. The Morgan fingerprint density at radius 3 is 3.00 bits per heavy atom. The fourth-order valence-corrected chi connectivity index (χ4v) is 2.25. The highest BCUT2D eigenvalue weighted by atomic mass is 28.3. The molecule has 0 aliphatic rings. The van der Waals surface area contributed by atoms with Crippen LogP contribution in [-0.4, -0.2) is 26.0 Å². The molecule has 1 atom stereocenters. The van der Waals surface area contributed by atoms with Crippen molar-refractivity contribution in [2.24, 2.45) is 0 Å². The van der Waals surface area contributed by atoms with E-state index in [1.165, 1.54) is 0 Å².